The molecule has 1 aliphatic heterocycles. The lowest BCUT2D eigenvalue weighted by atomic mass is 9.88. The number of carbonyl (C=O) groups excluding carboxylic acids is 5. The number of halogens is 3. The fourth-order valence-corrected chi connectivity index (χ4v) is 6.85. The Labute approximate surface area is 311 Å². The Morgan fingerprint density at radius 2 is 1.71 bits per heavy atom. The molecule has 25 heteroatoms. The van der Waals surface area contributed by atoms with Gasteiger partial charge in [-0.15, -0.1) is 0 Å². The maximum absolute atomic E-state index is 13.9. The van der Waals surface area contributed by atoms with E-state index < -0.39 is 111 Å². The van der Waals surface area contributed by atoms with Crippen LogP contribution in [0.1, 0.15) is 52.9 Å². The summed E-state index contributed by atoms with van der Waals surface area (Å²) in [6.07, 6.45) is -12.7. The molecule has 306 valence electrons. The first-order valence-electron chi connectivity index (χ1n) is 16.2. The first-order valence-corrected chi connectivity index (χ1v) is 17.7. The number of alkyl halides is 3. The van der Waals surface area contributed by atoms with Gasteiger partial charge < -0.3 is 33.7 Å². The second-order valence-electron chi connectivity index (χ2n) is 11.7. The molecular formula is C30H39F3N6O15S. The van der Waals surface area contributed by atoms with Gasteiger partial charge in [-0.05, 0) is 24.4 Å². The van der Waals surface area contributed by atoms with Gasteiger partial charge >= 0.3 is 36.0 Å². The predicted octanol–water partition coefficient (Wildman–Crippen LogP) is 2.26. The van der Waals surface area contributed by atoms with E-state index in [1.165, 1.54) is 12.1 Å². The Morgan fingerprint density at radius 3 is 2.27 bits per heavy atom. The first kappa shape index (κ1) is 46.1. The lowest BCUT2D eigenvalue weighted by Gasteiger charge is -2.48. The third-order valence-electron chi connectivity index (χ3n) is 7.59. The normalized spacial score (nSPS) is 20.8. The largest absolute Gasteiger partial charge is 0.471 e. The van der Waals surface area contributed by atoms with Crippen LogP contribution >= 0.6 is 0 Å². The summed E-state index contributed by atoms with van der Waals surface area (Å²) in [5.74, 6) is -9.17. The number of para-hydroxylation sites is 1. The lowest BCUT2D eigenvalue weighted by Crippen LogP contribution is -2.69. The summed E-state index contributed by atoms with van der Waals surface area (Å²) >= 11 is 0. The van der Waals surface area contributed by atoms with Gasteiger partial charge in [-0.2, -0.15) is 13.2 Å². The minimum atomic E-state index is -5.05. The number of azide groups is 1. The van der Waals surface area contributed by atoms with E-state index in [1.54, 1.807) is 5.32 Å². The topological polar surface area (TPSA) is 291 Å². The van der Waals surface area contributed by atoms with Crippen LogP contribution in [0.3, 0.4) is 0 Å². The van der Waals surface area contributed by atoms with Gasteiger partial charge in [0.05, 0.1) is 37.6 Å². The van der Waals surface area contributed by atoms with Crippen molar-refractivity contribution in [3.8, 4) is 0 Å². The van der Waals surface area contributed by atoms with Crippen LogP contribution < -0.4 is 10.0 Å². The molecule has 0 aliphatic carbocycles. The fourth-order valence-electron chi connectivity index (χ4n) is 5.41. The molecule has 6 atom stereocenters. The summed E-state index contributed by atoms with van der Waals surface area (Å²) in [6, 6.07) is 2.21. The Kier molecular flexibility index (Phi) is 17.2. The number of nitro benzene ring substituents is 1. The molecule has 1 amide bonds. The number of sulfonamides is 1. The van der Waals surface area contributed by atoms with Crippen molar-refractivity contribution in [1.82, 2.24) is 10.0 Å². The highest BCUT2D eigenvalue weighted by atomic mass is 32.2. The number of ether oxygens (including phenoxy) is 6. The summed E-state index contributed by atoms with van der Waals surface area (Å²) < 4.78 is 100. The van der Waals surface area contributed by atoms with Crippen LogP contribution in [0.2, 0.25) is 0 Å². The summed E-state index contributed by atoms with van der Waals surface area (Å²) in [5.41, 5.74) is 8.15. The van der Waals surface area contributed by atoms with Crippen LogP contribution in [-0.2, 0) is 62.4 Å². The molecule has 0 spiro atoms. The Morgan fingerprint density at radius 1 is 1.07 bits per heavy atom. The molecule has 2 N–H and O–H groups in total. The van der Waals surface area contributed by atoms with E-state index in [9.17, 15) is 55.7 Å². The number of amides is 1. The van der Waals surface area contributed by atoms with Crippen molar-refractivity contribution in [2.75, 3.05) is 26.8 Å². The van der Waals surface area contributed by atoms with Crippen molar-refractivity contribution in [2.24, 2.45) is 5.11 Å². The minimum Gasteiger partial charge on any atom is -0.465 e. The monoisotopic (exact) mass is 812 g/mol. The third kappa shape index (κ3) is 13.6. The molecule has 0 unspecified atom stereocenters. The zero-order valence-corrected chi connectivity index (χ0v) is 30.6. The van der Waals surface area contributed by atoms with Crippen molar-refractivity contribution >= 4 is 45.5 Å². The van der Waals surface area contributed by atoms with Gasteiger partial charge in [0.25, 0.3) is 11.5 Å². The van der Waals surface area contributed by atoms with E-state index in [0.29, 0.717) is 0 Å². The van der Waals surface area contributed by atoms with Gasteiger partial charge in [-0.1, -0.05) is 30.1 Å². The number of nitrogens with zero attached hydrogens (tertiary/aromatic N) is 4. The number of nitrogens with one attached hydrogen (secondary N) is 2. The zero-order valence-electron chi connectivity index (χ0n) is 29.8. The molecule has 1 heterocycles. The van der Waals surface area contributed by atoms with Crippen molar-refractivity contribution in [3.63, 3.8) is 0 Å². The highest BCUT2D eigenvalue weighted by Gasteiger charge is 2.59. The van der Waals surface area contributed by atoms with Crippen molar-refractivity contribution in [3.05, 3.63) is 44.8 Å². The van der Waals surface area contributed by atoms with Crippen LogP contribution in [0.15, 0.2) is 34.3 Å². The SMILES string of the molecule is COC(=O)[C@@]1(OCCCCCCNC(=O)C(F)(F)F)C[C@H](OC(C)=O)[C@@H](NS(=O)(=O)c2ccccc2[N+](=O)[O-])[C@H]([C@H](OC(C)=O)[C@@H](CN=[N+]=[N-])OC(C)=O)O1. The molecule has 21 nitrogen and oxygen atoms in total. The molecule has 1 saturated heterocycles. The van der Waals surface area contributed by atoms with Crippen LogP contribution in [0.25, 0.3) is 10.4 Å². The zero-order chi connectivity index (χ0) is 41.6. The average Bonchev–Trinajstić information content (AvgIpc) is 3.09. The average molecular weight is 813 g/mol. The van der Waals surface area contributed by atoms with Gasteiger partial charge in [-0.3, -0.25) is 29.3 Å². The van der Waals surface area contributed by atoms with Crippen LogP contribution in [0.5, 0.6) is 0 Å². The Balaban J connectivity index is 2.66. The summed E-state index contributed by atoms with van der Waals surface area (Å²) in [7, 11) is -4.10. The molecule has 1 fully saturated rings. The first-order chi connectivity index (χ1) is 25.7. The van der Waals surface area contributed by atoms with E-state index >= 15 is 0 Å². The van der Waals surface area contributed by atoms with Crippen molar-refractivity contribution in [1.29, 1.82) is 0 Å². The predicted molar refractivity (Wildman–Crippen MR) is 176 cm³/mol. The number of nitro groups is 1. The molecule has 0 saturated carbocycles. The highest BCUT2D eigenvalue weighted by Crippen LogP contribution is 2.38. The molecular weight excluding hydrogens is 773 g/mol. The smallest absolute Gasteiger partial charge is 0.465 e. The molecule has 1 aliphatic rings. The van der Waals surface area contributed by atoms with Gasteiger partial charge in [0.1, 0.15) is 18.3 Å². The lowest BCUT2D eigenvalue weighted by molar-refractivity contribution is -0.387. The third-order valence-corrected chi connectivity index (χ3v) is 9.10. The number of methoxy groups -OCH3 is 1. The van der Waals surface area contributed by atoms with Gasteiger partial charge in [0.2, 0.25) is 10.0 Å². The van der Waals surface area contributed by atoms with E-state index in [4.69, 9.17) is 34.0 Å². The maximum Gasteiger partial charge on any atom is 0.471 e. The standard InChI is InChI=1S/C30H39F3N6O15S/c1-17(40)51-21-15-29(28(44)49-4,50-14-10-6-5-9-13-35-27(43)30(31,32)33)54-26(25(53-19(3)42)22(16-36-38-34)52-18(2)41)24(21)37-55(47,48)23-12-8-7-11-20(23)39(45)46/h7-8,11-12,21-22,24-26,37H,5-6,9-10,13-16H2,1-4H3,(H,35,43)/t21-,22+,24+,25+,26+,29+/m0/s1. The maximum atomic E-state index is 13.9. The molecule has 0 aromatic heterocycles. The van der Waals surface area contributed by atoms with Gasteiger partial charge in [0, 0.05) is 38.3 Å². The number of carbonyl (C=O) groups is 5. The number of hydrogen-bond donors (Lipinski definition) is 2. The van der Waals surface area contributed by atoms with Crippen molar-refractivity contribution < 1.29 is 78.9 Å². The molecule has 0 bridgehead atoms. The summed E-state index contributed by atoms with van der Waals surface area (Å²) in [5, 5.41) is 16.8. The second-order valence-corrected chi connectivity index (χ2v) is 13.4. The summed E-state index contributed by atoms with van der Waals surface area (Å²) in [6.45, 7) is 1.32. The van der Waals surface area contributed by atoms with Gasteiger partial charge in [0.15, 0.2) is 11.0 Å². The molecule has 2 rings (SSSR count). The van der Waals surface area contributed by atoms with Crippen LogP contribution in [0, 0.1) is 10.1 Å². The molecule has 0 radical (unpaired) electrons. The minimum absolute atomic E-state index is 0.103. The number of esters is 4. The molecule has 55 heavy (non-hydrogen) atoms. The van der Waals surface area contributed by atoms with E-state index in [1.807, 2.05) is 0 Å². The van der Waals surface area contributed by atoms with Crippen LogP contribution in [0.4, 0.5) is 18.9 Å². The number of unbranched alkanes of at least 4 members (excludes halogenated alkanes) is 3. The van der Waals surface area contributed by atoms with Gasteiger partial charge in [-0.25, -0.2) is 17.9 Å². The number of rotatable bonds is 20. The Bertz CT molecular complexity index is 1720. The van der Waals surface area contributed by atoms with E-state index in [-0.39, 0.29) is 38.8 Å². The number of hydrogen-bond acceptors (Lipinski definition) is 16. The molecule has 1 aromatic rings. The molecule has 1 aromatic carbocycles. The highest BCUT2D eigenvalue weighted by molar-refractivity contribution is 7.89. The van der Waals surface area contributed by atoms with E-state index in [0.717, 1.165) is 40.0 Å². The van der Waals surface area contributed by atoms with Crippen molar-refractivity contribution in [2.45, 2.75) is 100 Å². The quantitative estimate of drug-likeness (QED) is 0.0279. The second kappa shape index (κ2) is 20.5. The van der Waals surface area contributed by atoms with E-state index in [2.05, 4.69) is 14.7 Å². The summed E-state index contributed by atoms with van der Waals surface area (Å²) in [4.78, 5) is 74.1. The Hall–Kier alpha value is -5.10. The fraction of sp³-hybridized carbons (Fsp3) is 0.633. The number of benzene rings is 1. The van der Waals surface area contributed by atoms with Crippen LogP contribution in [-0.4, -0.2) is 112 Å².